The van der Waals surface area contributed by atoms with Crippen molar-refractivity contribution in [2.24, 2.45) is 0 Å². The molecule has 3 aromatic carbocycles. The second-order valence-corrected chi connectivity index (χ2v) is 5.63. The van der Waals surface area contributed by atoms with E-state index in [0.717, 1.165) is 16.9 Å². The maximum Gasteiger partial charge on any atom is 0.123 e. The maximum absolute atomic E-state index is 9.75. The molecule has 1 atom stereocenters. The predicted molar refractivity (Wildman–Crippen MR) is 95.6 cm³/mol. The number of benzene rings is 3. The zero-order valence-corrected chi connectivity index (χ0v) is 13.8. The average molecular weight is 317 g/mol. The van der Waals surface area contributed by atoms with Gasteiger partial charge in [-0.05, 0) is 41.0 Å². The van der Waals surface area contributed by atoms with Crippen LogP contribution in [0.5, 0.6) is 11.5 Å². The van der Waals surface area contributed by atoms with Crippen LogP contribution in [0.4, 0.5) is 0 Å². The van der Waals surface area contributed by atoms with Crippen LogP contribution in [0, 0.1) is 11.3 Å². The van der Waals surface area contributed by atoms with E-state index in [1.807, 2.05) is 36.4 Å². The second kappa shape index (κ2) is 7.06. The van der Waals surface area contributed by atoms with Gasteiger partial charge in [-0.25, -0.2) is 0 Å². The summed E-state index contributed by atoms with van der Waals surface area (Å²) in [5.41, 5.74) is 2.01. The van der Waals surface area contributed by atoms with Crippen LogP contribution in [0.1, 0.15) is 17.0 Å². The molecule has 0 aliphatic carbocycles. The van der Waals surface area contributed by atoms with Crippen LogP contribution >= 0.6 is 0 Å². The molecular formula is C21H19NO2. The molecule has 0 amide bonds. The molecule has 0 saturated heterocycles. The lowest BCUT2D eigenvalue weighted by Crippen LogP contribution is -2.04. The predicted octanol–water partition coefficient (Wildman–Crippen LogP) is 4.71. The van der Waals surface area contributed by atoms with E-state index in [2.05, 4.69) is 30.3 Å². The van der Waals surface area contributed by atoms with Gasteiger partial charge in [0.05, 0.1) is 26.2 Å². The van der Waals surface area contributed by atoms with E-state index < -0.39 is 0 Å². The van der Waals surface area contributed by atoms with Crippen molar-refractivity contribution in [2.75, 3.05) is 14.2 Å². The molecular weight excluding hydrogens is 298 g/mol. The van der Waals surface area contributed by atoms with Crippen LogP contribution in [-0.4, -0.2) is 14.2 Å². The minimum atomic E-state index is -0.305. The minimum Gasteiger partial charge on any atom is -0.497 e. The first-order valence-electron chi connectivity index (χ1n) is 7.85. The number of hydrogen-bond donors (Lipinski definition) is 0. The Morgan fingerprint density at radius 1 is 0.958 bits per heavy atom. The maximum atomic E-state index is 9.75. The molecule has 0 radical (unpaired) electrons. The summed E-state index contributed by atoms with van der Waals surface area (Å²) in [7, 11) is 3.25. The van der Waals surface area contributed by atoms with Crippen LogP contribution in [0.25, 0.3) is 10.8 Å². The third-order valence-corrected chi connectivity index (χ3v) is 4.27. The molecule has 0 saturated carbocycles. The van der Waals surface area contributed by atoms with Gasteiger partial charge in [-0.15, -0.1) is 0 Å². The first kappa shape index (κ1) is 15.9. The summed E-state index contributed by atoms with van der Waals surface area (Å²) in [5.74, 6) is 1.13. The Labute approximate surface area is 142 Å². The van der Waals surface area contributed by atoms with Gasteiger partial charge in [0, 0.05) is 5.56 Å². The number of hydrogen-bond acceptors (Lipinski definition) is 3. The molecule has 1 unspecified atom stereocenters. The van der Waals surface area contributed by atoms with E-state index in [-0.39, 0.29) is 5.92 Å². The summed E-state index contributed by atoms with van der Waals surface area (Å²) in [6, 6.07) is 22.5. The SMILES string of the molecule is COc1ccc(OC)c(C(C#N)Cc2cccc3ccccc23)c1. The van der Waals surface area contributed by atoms with Crippen LogP contribution in [-0.2, 0) is 6.42 Å². The van der Waals surface area contributed by atoms with E-state index in [4.69, 9.17) is 9.47 Å². The topological polar surface area (TPSA) is 42.2 Å². The van der Waals surface area contributed by atoms with Gasteiger partial charge in [-0.1, -0.05) is 42.5 Å². The molecule has 0 heterocycles. The standard InChI is InChI=1S/C21H19NO2/c1-23-18-10-11-21(24-2)20(13-18)17(14-22)12-16-8-5-7-15-6-3-4-9-19(15)16/h3-11,13,17H,12H2,1-2H3. The van der Waals surface area contributed by atoms with Gasteiger partial charge < -0.3 is 9.47 Å². The highest BCUT2D eigenvalue weighted by molar-refractivity contribution is 5.85. The molecule has 0 fully saturated rings. The average Bonchev–Trinajstić information content (AvgIpc) is 2.65. The zero-order valence-electron chi connectivity index (χ0n) is 13.8. The number of rotatable bonds is 5. The van der Waals surface area contributed by atoms with Gasteiger partial charge in [0.15, 0.2) is 0 Å². The van der Waals surface area contributed by atoms with Gasteiger partial charge in [0.25, 0.3) is 0 Å². The lowest BCUT2D eigenvalue weighted by atomic mass is 9.90. The van der Waals surface area contributed by atoms with Crippen LogP contribution in [0.3, 0.4) is 0 Å². The summed E-state index contributed by atoms with van der Waals surface area (Å²) in [6.45, 7) is 0. The Morgan fingerprint density at radius 2 is 1.75 bits per heavy atom. The Bertz CT molecular complexity index is 890. The molecule has 0 aromatic heterocycles. The highest BCUT2D eigenvalue weighted by Crippen LogP contribution is 2.33. The lowest BCUT2D eigenvalue weighted by Gasteiger charge is -2.16. The summed E-state index contributed by atoms with van der Waals surface area (Å²) in [5, 5.41) is 12.1. The van der Waals surface area contributed by atoms with Crippen molar-refractivity contribution < 1.29 is 9.47 Å². The third kappa shape index (κ3) is 3.04. The van der Waals surface area contributed by atoms with Crippen molar-refractivity contribution in [2.45, 2.75) is 12.3 Å². The van der Waals surface area contributed by atoms with Crippen molar-refractivity contribution in [1.82, 2.24) is 0 Å². The van der Waals surface area contributed by atoms with E-state index in [1.165, 1.54) is 10.8 Å². The van der Waals surface area contributed by atoms with Crippen molar-refractivity contribution in [1.29, 1.82) is 5.26 Å². The second-order valence-electron chi connectivity index (χ2n) is 5.63. The Hall–Kier alpha value is -2.99. The fourth-order valence-electron chi connectivity index (χ4n) is 3.03. The molecule has 3 rings (SSSR count). The highest BCUT2D eigenvalue weighted by atomic mass is 16.5. The first-order chi connectivity index (χ1) is 11.8. The molecule has 0 aliphatic heterocycles. The van der Waals surface area contributed by atoms with E-state index in [1.54, 1.807) is 14.2 Å². The van der Waals surface area contributed by atoms with Crippen LogP contribution in [0.2, 0.25) is 0 Å². The molecule has 24 heavy (non-hydrogen) atoms. The van der Waals surface area contributed by atoms with Gasteiger partial charge >= 0.3 is 0 Å². The van der Waals surface area contributed by atoms with E-state index in [9.17, 15) is 5.26 Å². The lowest BCUT2D eigenvalue weighted by molar-refractivity contribution is 0.397. The number of nitrogens with zero attached hydrogens (tertiary/aromatic N) is 1. The number of ether oxygens (including phenoxy) is 2. The molecule has 0 aliphatic rings. The molecule has 0 spiro atoms. The number of methoxy groups -OCH3 is 2. The smallest absolute Gasteiger partial charge is 0.123 e. The quantitative estimate of drug-likeness (QED) is 0.684. The molecule has 3 nitrogen and oxygen atoms in total. The third-order valence-electron chi connectivity index (χ3n) is 4.27. The van der Waals surface area contributed by atoms with Gasteiger partial charge in [-0.3, -0.25) is 0 Å². The molecule has 0 bridgehead atoms. The molecule has 3 heteroatoms. The van der Waals surface area contributed by atoms with E-state index >= 15 is 0 Å². The van der Waals surface area contributed by atoms with Crippen molar-refractivity contribution in [3.05, 3.63) is 71.8 Å². The molecule has 0 N–H and O–H groups in total. The fraction of sp³-hybridized carbons (Fsp3) is 0.190. The highest BCUT2D eigenvalue weighted by Gasteiger charge is 2.18. The number of nitriles is 1. The summed E-state index contributed by atoms with van der Waals surface area (Å²) in [4.78, 5) is 0. The monoisotopic (exact) mass is 317 g/mol. The van der Waals surface area contributed by atoms with Crippen molar-refractivity contribution in [3.8, 4) is 17.6 Å². The van der Waals surface area contributed by atoms with Gasteiger partial charge in [-0.2, -0.15) is 5.26 Å². The summed E-state index contributed by atoms with van der Waals surface area (Å²) < 4.78 is 10.8. The Kier molecular flexibility index (Phi) is 4.67. The zero-order chi connectivity index (χ0) is 16.9. The van der Waals surface area contributed by atoms with Crippen molar-refractivity contribution >= 4 is 10.8 Å². The van der Waals surface area contributed by atoms with Gasteiger partial charge in [0.1, 0.15) is 11.5 Å². The molecule has 3 aromatic rings. The van der Waals surface area contributed by atoms with Crippen molar-refractivity contribution in [3.63, 3.8) is 0 Å². The minimum absolute atomic E-state index is 0.305. The summed E-state index contributed by atoms with van der Waals surface area (Å²) in [6.07, 6.45) is 0.626. The fourth-order valence-corrected chi connectivity index (χ4v) is 3.03. The van der Waals surface area contributed by atoms with Gasteiger partial charge in [0.2, 0.25) is 0 Å². The Balaban J connectivity index is 2.02. The molecule has 120 valence electrons. The normalized spacial score (nSPS) is 11.7. The number of fused-ring (bicyclic) bond motifs is 1. The Morgan fingerprint density at radius 3 is 2.50 bits per heavy atom. The van der Waals surface area contributed by atoms with Crippen LogP contribution in [0.15, 0.2) is 60.7 Å². The summed E-state index contributed by atoms with van der Waals surface area (Å²) >= 11 is 0. The van der Waals surface area contributed by atoms with Crippen LogP contribution < -0.4 is 9.47 Å². The largest absolute Gasteiger partial charge is 0.497 e. The first-order valence-corrected chi connectivity index (χ1v) is 7.85. The van der Waals surface area contributed by atoms with E-state index in [0.29, 0.717) is 12.2 Å².